The molecule has 0 atom stereocenters. The second-order valence-electron chi connectivity index (χ2n) is 7.87. The van der Waals surface area contributed by atoms with Gasteiger partial charge in [0.05, 0.1) is 12.1 Å². The Kier molecular flexibility index (Phi) is 4.78. The molecule has 2 aromatic carbocycles. The first-order chi connectivity index (χ1) is 15.1. The quantitative estimate of drug-likeness (QED) is 0.536. The van der Waals surface area contributed by atoms with Gasteiger partial charge in [-0.1, -0.05) is 18.2 Å². The van der Waals surface area contributed by atoms with E-state index in [0.29, 0.717) is 11.3 Å². The molecule has 2 heterocycles. The Morgan fingerprint density at radius 2 is 1.84 bits per heavy atom. The van der Waals surface area contributed by atoms with E-state index in [2.05, 4.69) is 10.4 Å². The highest BCUT2D eigenvalue weighted by Gasteiger charge is 2.18. The molecule has 1 aliphatic rings. The van der Waals surface area contributed by atoms with Crippen LogP contribution in [-0.2, 0) is 19.4 Å². The molecule has 0 aliphatic heterocycles. The number of aryl methyl sites for hydroxylation is 2. The Morgan fingerprint density at radius 1 is 1.03 bits per heavy atom. The number of phenolic OH excluding ortho intramolecular Hbond substituents is 1. The van der Waals surface area contributed by atoms with E-state index in [-0.39, 0.29) is 29.5 Å². The van der Waals surface area contributed by atoms with Crippen molar-refractivity contribution in [3.63, 3.8) is 0 Å². The summed E-state index contributed by atoms with van der Waals surface area (Å²) in [4.78, 5) is 25.3. The zero-order valence-electron chi connectivity index (χ0n) is 16.9. The summed E-state index contributed by atoms with van der Waals surface area (Å²) >= 11 is 0. The van der Waals surface area contributed by atoms with Crippen LogP contribution in [0.4, 0.5) is 5.69 Å². The molecule has 1 aliphatic carbocycles. The maximum atomic E-state index is 12.8. The van der Waals surface area contributed by atoms with E-state index in [9.17, 15) is 14.7 Å². The lowest BCUT2D eigenvalue weighted by atomic mass is 9.90. The number of rotatable bonds is 4. The minimum atomic E-state index is -0.354. The molecule has 2 N–H and O–H groups in total. The van der Waals surface area contributed by atoms with Crippen LogP contribution in [0.3, 0.4) is 0 Å². The van der Waals surface area contributed by atoms with Gasteiger partial charge in [0.1, 0.15) is 5.75 Å². The summed E-state index contributed by atoms with van der Waals surface area (Å²) in [6.07, 6.45) is 5.76. The molecule has 0 saturated heterocycles. The number of nitrogens with one attached hydrogen (secondary N) is 1. The second-order valence-corrected chi connectivity index (χ2v) is 7.87. The van der Waals surface area contributed by atoms with Crippen LogP contribution in [0.2, 0.25) is 0 Å². The van der Waals surface area contributed by atoms with Gasteiger partial charge in [0, 0.05) is 11.9 Å². The molecule has 0 fully saturated rings. The molecule has 5 rings (SSSR count). The molecule has 2 aromatic heterocycles. The molecule has 7 nitrogen and oxygen atoms in total. The van der Waals surface area contributed by atoms with Gasteiger partial charge in [0.2, 0.25) is 0 Å². The van der Waals surface area contributed by atoms with Crippen LogP contribution in [0, 0.1) is 0 Å². The molecule has 0 spiro atoms. The highest BCUT2D eigenvalue weighted by Crippen LogP contribution is 2.29. The molecule has 4 aromatic rings. The van der Waals surface area contributed by atoms with Gasteiger partial charge in [-0.25, -0.2) is 9.48 Å². The minimum absolute atomic E-state index is 0.00515. The number of aromatic nitrogens is 3. The zero-order chi connectivity index (χ0) is 21.4. The molecule has 0 unspecified atom stereocenters. The molecule has 156 valence electrons. The Bertz CT molecular complexity index is 1350. The van der Waals surface area contributed by atoms with E-state index < -0.39 is 0 Å². The number of carbonyl (C=O) groups is 1. The van der Waals surface area contributed by atoms with Gasteiger partial charge in [-0.05, 0) is 78.8 Å². The van der Waals surface area contributed by atoms with Crippen LogP contribution in [0.5, 0.6) is 5.75 Å². The van der Waals surface area contributed by atoms with Gasteiger partial charge in [-0.15, -0.1) is 5.10 Å². The first kappa shape index (κ1) is 19.1. The first-order valence-electron chi connectivity index (χ1n) is 10.4. The van der Waals surface area contributed by atoms with E-state index in [1.807, 2.05) is 24.3 Å². The normalized spacial score (nSPS) is 13.2. The highest BCUT2D eigenvalue weighted by atomic mass is 16.3. The van der Waals surface area contributed by atoms with Gasteiger partial charge >= 0.3 is 5.69 Å². The van der Waals surface area contributed by atoms with Crippen molar-refractivity contribution in [2.45, 2.75) is 32.2 Å². The van der Waals surface area contributed by atoms with Gasteiger partial charge in [0.15, 0.2) is 5.65 Å². The van der Waals surface area contributed by atoms with Crippen molar-refractivity contribution >= 4 is 17.2 Å². The lowest BCUT2D eigenvalue weighted by Crippen LogP contribution is -2.21. The topological polar surface area (TPSA) is 88.6 Å². The number of hydrogen-bond acceptors (Lipinski definition) is 4. The van der Waals surface area contributed by atoms with E-state index >= 15 is 0 Å². The number of aromatic hydroxyl groups is 1. The molecule has 0 radical (unpaired) electrons. The molecule has 7 heteroatoms. The second kappa shape index (κ2) is 7.75. The predicted octanol–water partition coefficient (Wildman–Crippen LogP) is 3.38. The molecule has 0 bridgehead atoms. The number of benzene rings is 2. The fourth-order valence-electron chi connectivity index (χ4n) is 4.14. The highest BCUT2D eigenvalue weighted by molar-refractivity contribution is 6.06. The van der Waals surface area contributed by atoms with Gasteiger partial charge in [-0.2, -0.15) is 0 Å². The third kappa shape index (κ3) is 3.70. The smallest absolute Gasteiger partial charge is 0.350 e. The Morgan fingerprint density at radius 3 is 2.65 bits per heavy atom. The third-order valence-electron chi connectivity index (χ3n) is 5.71. The Balaban J connectivity index is 1.37. The van der Waals surface area contributed by atoms with Crippen LogP contribution in [0.25, 0.3) is 5.65 Å². The van der Waals surface area contributed by atoms with E-state index in [0.717, 1.165) is 42.4 Å². The van der Waals surface area contributed by atoms with Crippen LogP contribution >= 0.6 is 0 Å². The molecular weight excluding hydrogens is 392 g/mol. The van der Waals surface area contributed by atoms with Crippen LogP contribution in [-0.4, -0.2) is 25.2 Å². The summed E-state index contributed by atoms with van der Waals surface area (Å²) in [5.41, 5.74) is 4.33. The number of pyridine rings is 1. The maximum absolute atomic E-state index is 12.8. The molecular formula is C24H22N4O3. The third-order valence-corrected chi connectivity index (χ3v) is 5.71. The Hall–Kier alpha value is -3.87. The van der Waals surface area contributed by atoms with Crippen molar-refractivity contribution in [2.75, 3.05) is 5.32 Å². The summed E-state index contributed by atoms with van der Waals surface area (Å²) in [6.45, 7) is 0.286. The average molecular weight is 414 g/mol. The summed E-state index contributed by atoms with van der Waals surface area (Å²) in [5, 5.41) is 17.6. The van der Waals surface area contributed by atoms with Crippen LogP contribution in [0.15, 0.2) is 65.6 Å². The van der Waals surface area contributed by atoms with E-state index in [1.165, 1.54) is 9.08 Å². The van der Waals surface area contributed by atoms with E-state index in [4.69, 9.17) is 0 Å². The number of fused-ring (bicyclic) bond motifs is 2. The molecule has 0 saturated carbocycles. The zero-order valence-corrected chi connectivity index (χ0v) is 16.9. The van der Waals surface area contributed by atoms with Crippen molar-refractivity contribution in [2.24, 2.45) is 0 Å². The fraction of sp³-hybridized carbons (Fsp3) is 0.208. The standard InChI is InChI=1S/C24H22N4O3/c29-21-14-18-8-2-1-7-17(18)13-20(21)23(30)25-19-9-5-6-16(12-19)15-28-24(31)27-11-4-3-10-22(27)26-28/h3-6,9-14,29H,1-2,7-8,15H2,(H,25,30). The summed E-state index contributed by atoms with van der Waals surface area (Å²) < 4.78 is 2.88. The monoisotopic (exact) mass is 414 g/mol. The average Bonchev–Trinajstić information content (AvgIpc) is 3.09. The lowest BCUT2D eigenvalue weighted by molar-refractivity contribution is 0.102. The molecule has 31 heavy (non-hydrogen) atoms. The minimum Gasteiger partial charge on any atom is -0.507 e. The number of hydrogen-bond donors (Lipinski definition) is 2. The summed E-state index contributed by atoms with van der Waals surface area (Å²) in [7, 11) is 0. The van der Waals surface area contributed by atoms with Gasteiger partial charge in [0.25, 0.3) is 5.91 Å². The van der Waals surface area contributed by atoms with Crippen molar-refractivity contribution in [3.8, 4) is 5.75 Å². The number of amides is 1. The number of anilines is 1. The molecule has 1 amide bonds. The SMILES string of the molecule is O=C(Nc1cccc(Cn2nc3ccccn3c2=O)c1)c1cc2c(cc1O)CCCC2. The largest absolute Gasteiger partial charge is 0.507 e. The first-order valence-corrected chi connectivity index (χ1v) is 10.4. The van der Waals surface area contributed by atoms with Crippen LogP contribution < -0.4 is 11.0 Å². The predicted molar refractivity (Wildman–Crippen MR) is 118 cm³/mol. The maximum Gasteiger partial charge on any atom is 0.350 e. The van der Waals surface area contributed by atoms with Gasteiger partial charge < -0.3 is 10.4 Å². The van der Waals surface area contributed by atoms with Crippen LogP contribution in [0.1, 0.15) is 39.9 Å². The number of phenols is 1. The van der Waals surface area contributed by atoms with Crippen molar-refractivity contribution in [1.82, 2.24) is 14.2 Å². The summed E-state index contributed by atoms with van der Waals surface area (Å²) in [6, 6.07) is 16.2. The van der Waals surface area contributed by atoms with Crippen molar-refractivity contribution in [3.05, 3.63) is 93.5 Å². The lowest BCUT2D eigenvalue weighted by Gasteiger charge is -2.17. The van der Waals surface area contributed by atoms with E-state index in [1.54, 1.807) is 36.5 Å². The fourth-order valence-corrected chi connectivity index (χ4v) is 4.14. The van der Waals surface area contributed by atoms with Crippen molar-refractivity contribution in [1.29, 1.82) is 0 Å². The number of nitrogens with zero attached hydrogens (tertiary/aromatic N) is 3. The van der Waals surface area contributed by atoms with Crippen molar-refractivity contribution < 1.29 is 9.90 Å². The van der Waals surface area contributed by atoms with Gasteiger partial charge in [-0.3, -0.25) is 9.20 Å². The Labute approximate surface area is 178 Å². The number of carbonyl (C=O) groups excluding carboxylic acids is 1. The summed E-state index contributed by atoms with van der Waals surface area (Å²) in [5.74, 6) is -0.349.